The molecule has 2 saturated heterocycles. The van der Waals surface area contributed by atoms with Crippen molar-refractivity contribution < 1.29 is 62.9 Å². The number of cyclic esters (lactones) is 1. The van der Waals surface area contributed by atoms with Gasteiger partial charge in [-0.15, -0.1) is 0 Å². The molecule has 0 aromatic carbocycles. The fourth-order valence-electron chi connectivity index (χ4n) is 7.44. The zero-order valence-electron chi connectivity index (χ0n) is 33.0. The van der Waals surface area contributed by atoms with E-state index in [1.807, 2.05) is 19.9 Å². The summed E-state index contributed by atoms with van der Waals surface area (Å²) in [4.78, 5) is 40.6. The number of aliphatic hydroxyl groups is 3. The summed E-state index contributed by atoms with van der Waals surface area (Å²) in [6.07, 6.45) is -1.10. The molecule has 3 N–H and O–H groups in total. The molecule has 0 bridgehead atoms. The van der Waals surface area contributed by atoms with E-state index >= 15 is 0 Å². The molecule has 0 saturated carbocycles. The number of ketones is 1. The first-order valence-corrected chi connectivity index (χ1v) is 18.6. The Bertz CT molecular complexity index is 1290. The van der Waals surface area contributed by atoms with Gasteiger partial charge in [0, 0.05) is 32.5 Å². The summed E-state index contributed by atoms with van der Waals surface area (Å²) < 4.78 is 41.8. The summed E-state index contributed by atoms with van der Waals surface area (Å²) in [7, 11) is 6.45. The highest BCUT2D eigenvalue weighted by Crippen LogP contribution is 2.33. The number of hydrogen-bond acceptors (Lipinski definition) is 14. The lowest BCUT2D eigenvalue weighted by molar-refractivity contribution is -0.304. The Balaban J connectivity index is 1.96. The van der Waals surface area contributed by atoms with E-state index in [0.29, 0.717) is 12.0 Å². The number of esters is 1. The summed E-state index contributed by atoms with van der Waals surface area (Å²) in [6, 6.07) is -0.690. The lowest BCUT2D eigenvalue weighted by atomic mass is 9.83. The number of ether oxygens (including phenoxy) is 7. The van der Waals surface area contributed by atoms with Gasteiger partial charge in [0.05, 0.1) is 43.5 Å². The number of aliphatic hydroxyl groups excluding tert-OH is 3. The zero-order valence-corrected chi connectivity index (χ0v) is 33.0. The molecule has 3 rings (SSSR count). The minimum absolute atomic E-state index is 0.0513. The van der Waals surface area contributed by atoms with Crippen molar-refractivity contribution in [1.82, 2.24) is 4.90 Å². The van der Waals surface area contributed by atoms with Gasteiger partial charge in [-0.1, -0.05) is 37.6 Å². The molecule has 2 fully saturated rings. The summed E-state index contributed by atoms with van der Waals surface area (Å²) in [6.45, 7) is 10.8. The van der Waals surface area contributed by atoms with Gasteiger partial charge in [0.25, 0.3) is 0 Å². The number of likely N-dealkylation sites (N-methyl/N-ethyl adjacent to an activating group) is 1. The number of nitrogens with zero attached hydrogens (tertiary/aromatic N) is 1. The Hall–Kier alpha value is -2.37. The molecule has 53 heavy (non-hydrogen) atoms. The smallest absolute Gasteiger partial charge is 0.309 e. The van der Waals surface area contributed by atoms with Crippen LogP contribution in [0.5, 0.6) is 0 Å². The molecule has 0 spiro atoms. The lowest BCUT2D eigenvalue weighted by Gasteiger charge is -2.45. The molecular formula is C39H63NO13. The van der Waals surface area contributed by atoms with Crippen LogP contribution in [0.15, 0.2) is 35.5 Å². The second-order valence-corrected chi connectivity index (χ2v) is 14.8. The van der Waals surface area contributed by atoms with Gasteiger partial charge in [-0.3, -0.25) is 9.59 Å². The molecule has 3 aliphatic heterocycles. The zero-order chi connectivity index (χ0) is 39.6. The SMILES string of the molecule is CC[C@H]1OC(=O)C/C=C(\C)[C@@H](O[C@@H]2O[C@H](C)[C@@H](O)[C@H](N(C)C)[C@H]2O)C(CC=O)C[C@@H](C)C(=O)/C=C/C(C)=C/[C@@H]1CO[C@@H]1O[C@H](C)[C@@H](O)[C@@H](OC)[C@H]1OC. The minimum atomic E-state index is -1.24. The Morgan fingerprint density at radius 2 is 1.57 bits per heavy atom. The number of carbonyl (C=O) groups excluding carboxylic acids is 3. The maximum absolute atomic E-state index is 13.5. The van der Waals surface area contributed by atoms with Gasteiger partial charge >= 0.3 is 5.97 Å². The van der Waals surface area contributed by atoms with E-state index in [1.54, 1.807) is 58.8 Å². The molecular weight excluding hydrogens is 690 g/mol. The van der Waals surface area contributed by atoms with Crippen molar-refractivity contribution in [3.05, 3.63) is 35.5 Å². The second-order valence-electron chi connectivity index (χ2n) is 14.8. The van der Waals surface area contributed by atoms with Crippen LogP contribution >= 0.6 is 0 Å². The highest BCUT2D eigenvalue weighted by atomic mass is 16.7. The first kappa shape index (κ1) is 45.0. The van der Waals surface area contributed by atoms with Crippen molar-refractivity contribution >= 4 is 18.0 Å². The van der Waals surface area contributed by atoms with Crippen LogP contribution < -0.4 is 0 Å². The highest BCUT2D eigenvalue weighted by molar-refractivity contribution is 5.91. The van der Waals surface area contributed by atoms with Gasteiger partial charge in [0.15, 0.2) is 18.4 Å². The number of methoxy groups -OCH3 is 2. The predicted molar refractivity (Wildman–Crippen MR) is 194 cm³/mol. The molecule has 3 heterocycles. The van der Waals surface area contributed by atoms with Crippen LogP contribution in [0.1, 0.15) is 67.2 Å². The summed E-state index contributed by atoms with van der Waals surface area (Å²) in [5, 5.41) is 32.6. The number of allylic oxidation sites excluding steroid dienone is 3. The maximum atomic E-state index is 13.5. The van der Waals surface area contributed by atoms with E-state index in [2.05, 4.69) is 0 Å². The number of carbonyl (C=O) groups is 3. The molecule has 0 aliphatic carbocycles. The summed E-state index contributed by atoms with van der Waals surface area (Å²) in [5.74, 6) is -2.11. The van der Waals surface area contributed by atoms with Crippen LogP contribution in [-0.2, 0) is 47.5 Å². The summed E-state index contributed by atoms with van der Waals surface area (Å²) >= 11 is 0. The maximum Gasteiger partial charge on any atom is 0.309 e. The Labute approximate surface area is 314 Å². The first-order valence-electron chi connectivity index (χ1n) is 18.6. The van der Waals surface area contributed by atoms with Crippen molar-refractivity contribution in [2.75, 3.05) is 34.9 Å². The molecule has 14 heteroatoms. The monoisotopic (exact) mass is 753 g/mol. The topological polar surface area (TPSA) is 180 Å². The lowest BCUT2D eigenvalue weighted by Crippen LogP contribution is -2.62. The van der Waals surface area contributed by atoms with Crippen molar-refractivity contribution in [2.24, 2.45) is 17.8 Å². The van der Waals surface area contributed by atoms with Crippen molar-refractivity contribution in [3.63, 3.8) is 0 Å². The van der Waals surface area contributed by atoms with Crippen molar-refractivity contribution in [2.45, 2.75) is 141 Å². The third kappa shape index (κ3) is 11.8. The number of aldehydes is 1. The third-order valence-corrected chi connectivity index (χ3v) is 10.6. The number of hydrogen-bond donors (Lipinski definition) is 3. The van der Waals surface area contributed by atoms with Crippen molar-refractivity contribution in [3.8, 4) is 0 Å². The fraction of sp³-hybridized carbons (Fsp3) is 0.769. The minimum Gasteiger partial charge on any atom is -0.461 e. The van der Waals surface area contributed by atoms with Gasteiger partial charge in [0.1, 0.15) is 36.8 Å². The largest absolute Gasteiger partial charge is 0.461 e. The van der Waals surface area contributed by atoms with Gasteiger partial charge < -0.3 is 58.2 Å². The summed E-state index contributed by atoms with van der Waals surface area (Å²) in [5.41, 5.74) is 1.34. The quantitative estimate of drug-likeness (QED) is 0.159. The van der Waals surface area contributed by atoms with Gasteiger partial charge in [0.2, 0.25) is 0 Å². The molecule has 14 nitrogen and oxygen atoms in total. The molecule has 302 valence electrons. The van der Waals surface area contributed by atoms with Crippen LogP contribution in [0.4, 0.5) is 0 Å². The second kappa shape index (κ2) is 21.1. The van der Waals surface area contributed by atoms with Gasteiger partial charge in [-0.2, -0.15) is 0 Å². The Morgan fingerprint density at radius 1 is 0.925 bits per heavy atom. The van der Waals surface area contributed by atoms with Crippen LogP contribution in [0.25, 0.3) is 0 Å². The number of rotatable bonds is 11. The molecule has 15 atom stereocenters. The van der Waals surface area contributed by atoms with E-state index in [4.69, 9.17) is 33.2 Å². The molecule has 0 aromatic rings. The predicted octanol–water partition coefficient (Wildman–Crippen LogP) is 2.51. The molecule has 0 amide bonds. The normalized spacial score (nSPS) is 42.3. The van der Waals surface area contributed by atoms with Gasteiger partial charge in [-0.05, 0) is 72.2 Å². The van der Waals surface area contributed by atoms with Gasteiger partial charge in [-0.25, -0.2) is 0 Å². The van der Waals surface area contributed by atoms with E-state index in [1.165, 1.54) is 20.3 Å². The van der Waals surface area contributed by atoms with Crippen LogP contribution in [0.3, 0.4) is 0 Å². The molecule has 3 aliphatic rings. The van der Waals surface area contributed by atoms with E-state index in [9.17, 15) is 29.7 Å². The van der Waals surface area contributed by atoms with E-state index in [-0.39, 0.29) is 31.7 Å². The molecule has 1 unspecified atom stereocenters. The van der Waals surface area contributed by atoms with Crippen LogP contribution in [0.2, 0.25) is 0 Å². The molecule has 0 aromatic heterocycles. The van der Waals surface area contributed by atoms with E-state index in [0.717, 1.165) is 11.9 Å². The highest BCUT2D eigenvalue weighted by Gasteiger charge is 2.47. The Morgan fingerprint density at radius 3 is 2.17 bits per heavy atom. The first-order chi connectivity index (χ1) is 25.1. The fourth-order valence-corrected chi connectivity index (χ4v) is 7.44. The standard InChI is InChI=1S/C39H63NO13/c1-11-29-27(20-49-39-37(48-10)36(47-9)33(45)25(6)51-39)18-21(2)12-14-28(42)23(4)19-26(16-17-41)35(22(3)13-15-30(43)52-29)53-38-34(46)31(40(7)8)32(44)24(5)50-38/h12-14,17-18,23-27,29,31-39,44-46H,11,15-16,19-20H2,1-10H3/b14-12+,21-18+,22-13+/t23-,24-,25-,26?,27-,29-,31+,32-,33-,34-,35-,36-,37-,38+,39-/m1/s1. The Kier molecular flexibility index (Phi) is 17.9. The van der Waals surface area contributed by atoms with Crippen molar-refractivity contribution in [1.29, 1.82) is 0 Å². The van der Waals surface area contributed by atoms with Crippen LogP contribution in [0, 0.1) is 17.8 Å². The third-order valence-electron chi connectivity index (χ3n) is 10.6. The molecule has 0 radical (unpaired) electrons. The van der Waals surface area contributed by atoms with E-state index < -0.39 is 97.3 Å². The van der Waals surface area contributed by atoms with Crippen LogP contribution in [-0.4, -0.2) is 147 Å². The average Bonchev–Trinajstić information content (AvgIpc) is 3.11. The average molecular weight is 754 g/mol.